The third kappa shape index (κ3) is 3.56. The molecule has 2 aromatic rings. The monoisotopic (exact) mass is 362 g/mol. The maximum atomic E-state index is 5.41. The number of piperazine rings is 1. The second-order valence-corrected chi connectivity index (χ2v) is 8.93. The average Bonchev–Trinajstić information content (AvgIpc) is 2.62. The molecule has 2 heterocycles. The Hall–Kier alpha value is -1.68. The lowest BCUT2D eigenvalue weighted by atomic mass is 9.63. The Balaban J connectivity index is 1.12. The Morgan fingerprint density at radius 3 is 2.00 bits per heavy atom. The third-order valence-corrected chi connectivity index (χ3v) is 6.82. The van der Waals surface area contributed by atoms with E-state index < -0.39 is 0 Å². The quantitative estimate of drug-likeness (QED) is 0.819. The van der Waals surface area contributed by atoms with Crippen LogP contribution in [0.1, 0.15) is 24.0 Å². The Morgan fingerprint density at radius 1 is 0.852 bits per heavy atom. The summed E-state index contributed by atoms with van der Waals surface area (Å²) in [7, 11) is 0. The molecule has 27 heavy (non-hydrogen) atoms. The standard InChI is InChI=1S/C24H30N2O/c1-19-2-6-21(7-3-19)22-8-4-20(5-9-22)16-25-10-12-26(13-11-25)23-14-24(15-23)17-27-18-24/h2-9,23H,10-18H2,1H3. The average molecular weight is 363 g/mol. The molecule has 0 N–H and O–H groups in total. The van der Waals surface area contributed by atoms with Crippen molar-refractivity contribution in [2.24, 2.45) is 5.41 Å². The fraction of sp³-hybridized carbons (Fsp3) is 0.500. The van der Waals surface area contributed by atoms with Gasteiger partial charge in [0.25, 0.3) is 0 Å². The Kier molecular flexibility index (Phi) is 4.55. The van der Waals surface area contributed by atoms with Crippen LogP contribution in [0.25, 0.3) is 11.1 Å². The second-order valence-electron chi connectivity index (χ2n) is 8.93. The molecule has 2 saturated heterocycles. The summed E-state index contributed by atoms with van der Waals surface area (Å²) in [6.45, 7) is 10.1. The summed E-state index contributed by atoms with van der Waals surface area (Å²) in [4.78, 5) is 5.33. The number of hydrogen-bond acceptors (Lipinski definition) is 3. The van der Waals surface area contributed by atoms with Crippen molar-refractivity contribution in [2.75, 3.05) is 39.4 Å². The Morgan fingerprint density at radius 2 is 1.44 bits per heavy atom. The molecule has 0 atom stereocenters. The predicted octanol–water partition coefficient (Wildman–Crippen LogP) is 3.96. The highest BCUT2D eigenvalue weighted by Gasteiger charge is 2.51. The van der Waals surface area contributed by atoms with E-state index in [0.717, 1.165) is 25.8 Å². The first-order valence-corrected chi connectivity index (χ1v) is 10.4. The summed E-state index contributed by atoms with van der Waals surface area (Å²) >= 11 is 0. The van der Waals surface area contributed by atoms with E-state index >= 15 is 0 Å². The molecule has 0 radical (unpaired) electrons. The van der Waals surface area contributed by atoms with E-state index in [0.29, 0.717) is 5.41 Å². The summed E-state index contributed by atoms with van der Waals surface area (Å²) in [6, 6.07) is 18.8. The molecule has 0 aromatic heterocycles. The highest BCUT2D eigenvalue weighted by molar-refractivity contribution is 5.63. The zero-order valence-corrected chi connectivity index (χ0v) is 16.4. The second kappa shape index (κ2) is 7.05. The SMILES string of the molecule is Cc1ccc(-c2ccc(CN3CCN(C4CC5(COC5)C4)CC3)cc2)cc1. The molecular weight excluding hydrogens is 332 g/mol. The van der Waals surface area contributed by atoms with Crippen molar-refractivity contribution in [3.05, 3.63) is 59.7 Å². The van der Waals surface area contributed by atoms with Crippen LogP contribution in [0.15, 0.2) is 48.5 Å². The molecule has 0 amide bonds. The summed E-state index contributed by atoms with van der Waals surface area (Å²) in [5.41, 5.74) is 5.93. The molecule has 3 fully saturated rings. The lowest BCUT2D eigenvalue weighted by Crippen LogP contribution is -2.62. The lowest BCUT2D eigenvalue weighted by Gasteiger charge is -2.57. The van der Waals surface area contributed by atoms with Gasteiger partial charge in [-0.25, -0.2) is 0 Å². The van der Waals surface area contributed by atoms with Crippen LogP contribution in [0.4, 0.5) is 0 Å². The molecule has 0 bridgehead atoms. The van der Waals surface area contributed by atoms with Gasteiger partial charge in [-0.05, 0) is 36.5 Å². The minimum absolute atomic E-state index is 0.584. The Labute approximate surface area is 162 Å². The number of aryl methyl sites for hydroxylation is 1. The normalized spacial score (nSPS) is 23.1. The molecule has 3 heteroatoms. The summed E-state index contributed by atoms with van der Waals surface area (Å²) in [6.07, 6.45) is 2.74. The van der Waals surface area contributed by atoms with Gasteiger partial charge in [0.05, 0.1) is 13.2 Å². The van der Waals surface area contributed by atoms with Crippen LogP contribution in [0.5, 0.6) is 0 Å². The predicted molar refractivity (Wildman–Crippen MR) is 110 cm³/mol. The van der Waals surface area contributed by atoms with Gasteiger partial charge in [-0.1, -0.05) is 54.1 Å². The van der Waals surface area contributed by atoms with Crippen molar-refractivity contribution in [1.82, 2.24) is 9.80 Å². The van der Waals surface area contributed by atoms with E-state index in [1.165, 1.54) is 61.3 Å². The van der Waals surface area contributed by atoms with Gasteiger partial charge in [0, 0.05) is 44.2 Å². The van der Waals surface area contributed by atoms with Gasteiger partial charge in [-0.3, -0.25) is 9.80 Å². The van der Waals surface area contributed by atoms with Crippen LogP contribution < -0.4 is 0 Å². The molecule has 1 saturated carbocycles. The van der Waals surface area contributed by atoms with Crippen LogP contribution in [0.2, 0.25) is 0 Å². The van der Waals surface area contributed by atoms with Crippen molar-refractivity contribution >= 4 is 0 Å². The van der Waals surface area contributed by atoms with E-state index in [1.807, 2.05) is 0 Å². The fourth-order valence-corrected chi connectivity index (χ4v) is 4.92. The molecule has 3 nitrogen and oxygen atoms in total. The van der Waals surface area contributed by atoms with Crippen LogP contribution in [-0.4, -0.2) is 55.2 Å². The van der Waals surface area contributed by atoms with E-state index in [-0.39, 0.29) is 0 Å². The first-order valence-electron chi connectivity index (χ1n) is 10.4. The smallest absolute Gasteiger partial charge is 0.0545 e. The molecule has 2 aliphatic heterocycles. The summed E-state index contributed by atoms with van der Waals surface area (Å²) in [5, 5.41) is 0. The van der Waals surface area contributed by atoms with Crippen LogP contribution >= 0.6 is 0 Å². The van der Waals surface area contributed by atoms with Gasteiger partial charge >= 0.3 is 0 Å². The minimum Gasteiger partial charge on any atom is -0.380 e. The van der Waals surface area contributed by atoms with Gasteiger partial charge in [0.2, 0.25) is 0 Å². The zero-order valence-electron chi connectivity index (χ0n) is 16.4. The fourth-order valence-electron chi connectivity index (χ4n) is 4.92. The molecule has 1 aliphatic carbocycles. The van der Waals surface area contributed by atoms with E-state index in [4.69, 9.17) is 4.74 Å². The van der Waals surface area contributed by atoms with Crippen molar-refractivity contribution in [1.29, 1.82) is 0 Å². The number of rotatable bonds is 4. The molecule has 0 unspecified atom stereocenters. The van der Waals surface area contributed by atoms with Gasteiger partial charge < -0.3 is 4.74 Å². The highest BCUT2D eigenvalue weighted by Crippen LogP contribution is 2.49. The van der Waals surface area contributed by atoms with Gasteiger partial charge in [-0.2, -0.15) is 0 Å². The molecule has 5 rings (SSSR count). The molecule has 142 valence electrons. The number of nitrogens with zero attached hydrogens (tertiary/aromatic N) is 2. The van der Waals surface area contributed by atoms with Gasteiger partial charge in [0.15, 0.2) is 0 Å². The first kappa shape index (κ1) is 17.4. The molecule has 1 spiro atoms. The number of ether oxygens (including phenoxy) is 1. The largest absolute Gasteiger partial charge is 0.380 e. The maximum absolute atomic E-state index is 5.41. The maximum Gasteiger partial charge on any atom is 0.0545 e. The zero-order chi connectivity index (χ0) is 18.3. The van der Waals surface area contributed by atoms with E-state index in [2.05, 4.69) is 65.3 Å². The Bertz CT molecular complexity index is 763. The van der Waals surface area contributed by atoms with Crippen molar-refractivity contribution < 1.29 is 4.74 Å². The van der Waals surface area contributed by atoms with E-state index in [9.17, 15) is 0 Å². The summed E-state index contributed by atoms with van der Waals surface area (Å²) in [5.74, 6) is 0. The van der Waals surface area contributed by atoms with Crippen LogP contribution in [0.3, 0.4) is 0 Å². The number of benzene rings is 2. The van der Waals surface area contributed by atoms with E-state index in [1.54, 1.807) is 0 Å². The van der Waals surface area contributed by atoms with Crippen molar-refractivity contribution in [3.63, 3.8) is 0 Å². The van der Waals surface area contributed by atoms with Crippen LogP contribution in [-0.2, 0) is 11.3 Å². The number of hydrogen-bond donors (Lipinski definition) is 0. The molecular formula is C24H30N2O. The molecule has 2 aromatic carbocycles. The van der Waals surface area contributed by atoms with Gasteiger partial charge in [0.1, 0.15) is 0 Å². The first-order chi connectivity index (χ1) is 13.2. The topological polar surface area (TPSA) is 15.7 Å². The van der Waals surface area contributed by atoms with Gasteiger partial charge in [-0.15, -0.1) is 0 Å². The third-order valence-electron chi connectivity index (χ3n) is 6.82. The molecule has 3 aliphatic rings. The summed E-state index contributed by atoms with van der Waals surface area (Å²) < 4.78 is 5.41. The highest BCUT2D eigenvalue weighted by atomic mass is 16.5. The van der Waals surface area contributed by atoms with Crippen molar-refractivity contribution in [2.45, 2.75) is 32.4 Å². The van der Waals surface area contributed by atoms with Crippen molar-refractivity contribution in [3.8, 4) is 11.1 Å². The lowest BCUT2D eigenvalue weighted by molar-refractivity contribution is -0.186. The minimum atomic E-state index is 0.584. The van der Waals surface area contributed by atoms with Crippen LogP contribution in [0, 0.1) is 12.3 Å².